The van der Waals surface area contributed by atoms with Gasteiger partial charge >= 0.3 is 0 Å². The Labute approximate surface area is 148 Å². The van der Waals surface area contributed by atoms with Gasteiger partial charge in [-0.15, -0.1) is 0 Å². The van der Waals surface area contributed by atoms with Crippen LogP contribution in [0.4, 0.5) is 4.39 Å². The van der Waals surface area contributed by atoms with Crippen molar-refractivity contribution in [3.8, 4) is 0 Å². The second-order valence-corrected chi connectivity index (χ2v) is 6.52. The van der Waals surface area contributed by atoms with Gasteiger partial charge in [0.05, 0.1) is 12.6 Å². The monoisotopic (exact) mass is 341 g/mol. The van der Waals surface area contributed by atoms with E-state index >= 15 is 0 Å². The molecule has 2 aromatic rings. The van der Waals surface area contributed by atoms with E-state index in [1.54, 1.807) is 24.5 Å². The number of carbonyl (C=O) groups is 1. The first kappa shape index (κ1) is 17.5. The second kappa shape index (κ2) is 8.72. The minimum absolute atomic E-state index is 0.00645. The van der Waals surface area contributed by atoms with Gasteiger partial charge in [-0.2, -0.15) is 0 Å². The van der Waals surface area contributed by atoms with Crippen LogP contribution in [0.25, 0.3) is 0 Å². The molecule has 0 unspecified atom stereocenters. The zero-order valence-corrected chi connectivity index (χ0v) is 14.3. The highest BCUT2D eigenvalue weighted by Gasteiger charge is 2.19. The van der Waals surface area contributed by atoms with Crippen molar-refractivity contribution >= 4 is 5.91 Å². The van der Waals surface area contributed by atoms with Gasteiger partial charge < -0.3 is 5.32 Å². The molecule has 2 heterocycles. The fourth-order valence-corrected chi connectivity index (χ4v) is 3.27. The lowest BCUT2D eigenvalue weighted by Crippen LogP contribution is -2.39. The molecule has 1 aliphatic heterocycles. The Balaban J connectivity index is 1.73. The van der Waals surface area contributed by atoms with Crippen LogP contribution in [0, 0.1) is 5.82 Å². The minimum Gasteiger partial charge on any atom is -0.344 e. The molecule has 0 spiro atoms. The van der Waals surface area contributed by atoms with Crippen molar-refractivity contribution in [2.45, 2.75) is 31.7 Å². The van der Waals surface area contributed by atoms with Crippen LogP contribution in [-0.4, -0.2) is 35.4 Å². The van der Waals surface area contributed by atoms with Crippen LogP contribution < -0.4 is 5.32 Å². The summed E-state index contributed by atoms with van der Waals surface area (Å²) in [5.74, 6) is -0.291. The summed E-state index contributed by atoms with van der Waals surface area (Å²) in [5, 5.41) is 3.11. The van der Waals surface area contributed by atoms with Crippen molar-refractivity contribution in [3.05, 3.63) is 65.7 Å². The molecule has 1 atom stereocenters. The summed E-state index contributed by atoms with van der Waals surface area (Å²) >= 11 is 0. The molecule has 132 valence electrons. The average Bonchev–Trinajstić information content (AvgIpc) is 2.90. The Morgan fingerprint density at radius 1 is 1.00 bits per heavy atom. The van der Waals surface area contributed by atoms with Gasteiger partial charge in [0.15, 0.2) is 0 Å². The molecule has 1 saturated heterocycles. The number of benzene rings is 1. The Bertz CT molecular complexity index is 667. The molecule has 1 aromatic heterocycles. The summed E-state index contributed by atoms with van der Waals surface area (Å²) in [6.45, 7) is 2.36. The lowest BCUT2D eigenvalue weighted by atomic mass is 9.99. The van der Waals surface area contributed by atoms with E-state index < -0.39 is 0 Å². The van der Waals surface area contributed by atoms with Gasteiger partial charge in [-0.1, -0.05) is 25.0 Å². The van der Waals surface area contributed by atoms with Gasteiger partial charge in [0.1, 0.15) is 5.82 Å². The molecule has 1 aliphatic rings. The highest BCUT2D eigenvalue weighted by molar-refractivity contribution is 5.79. The molecule has 4 nitrogen and oxygen atoms in total. The quantitative estimate of drug-likeness (QED) is 0.907. The minimum atomic E-state index is -0.303. The van der Waals surface area contributed by atoms with Crippen molar-refractivity contribution in [2.75, 3.05) is 19.6 Å². The number of hydrogen-bond acceptors (Lipinski definition) is 3. The first-order valence-corrected chi connectivity index (χ1v) is 8.89. The molecule has 25 heavy (non-hydrogen) atoms. The largest absolute Gasteiger partial charge is 0.344 e. The lowest BCUT2D eigenvalue weighted by molar-refractivity contribution is -0.122. The van der Waals surface area contributed by atoms with Gasteiger partial charge in [0.2, 0.25) is 5.91 Å². The van der Waals surface area contributed by atoms with Crippen molar-refractivity contribution in [1.82, 2.24) is 15.2 Å². The van der Waals surface area contributed by atoms with Crippen LogP contribution in [-0.2, 0) is 4.79 Å². The van der Waals surface area contributed by atoms with Crippen molar-refractivity contribution in [3.63, 3.8) is 0 Å². The summed E-state index contributed by atoms with van der Waals surface area (Å²) < 4.78 is 13.3. The van der Waals surface area contributed by atoms with Crippen LogP contribution in [0.3, 0.4) is 0 Å². The fourth-order valence-electron chi connectivity index (χ4n) is 3.27. The number of halogens is 1. The Morgan fingerprint density at radius 3 is 2.24 bits per heavy atom. The van der Waals surface area contributed by atoms with E-state index in [0.29, 0.717) is 6.54 Å². The van der Waals surface area contributed by atoms with E-state index in [0.717, 1.165) is 37.1 Å². The van der Waals surface area contributed by atoms with Crippen LogP contribution in [0.2, 0.25) is 0 Å². The van der Waals surface area contributed by atoms with E-state index in [-0.39, 0.29) is 17.8 Å². The molecule has 1 N–H and O–H groups in total. The maximum Gasteiger partial charge on any atom is 0.234 e. The molecule has 0 saturated carbocycles. The van der Waals surface area contributed by atoms with Crippen LogP contribution in [0.15, 0.2) is 48.8 Å². The summed E-state index contributed by atoms with van der Waals surface area (Å²) in [7, 11) is 0. The number of nitrogens with zero attached hydrogens (tertiary/aromatic N) is 2. The standard InChI is InChI=1S/C20H24FN3O/c21-18-7-5-16(6-8-18)20(17-9-11-22-12-10-17)23-19(25)15-24-13-3-1-2-4-14-24/h5-12,20H,1-4,13-15H2,(H,23,25)/t20-/m1/s1. The van der Waals surface area contributed by atoms with Gasteiger partial charge in [0.25, 0.3) is 0 Å². The molecule has 0 bridgehead atoms. The third-order valence-electron chi connectivity index (χ3n) is 4.61. The molecule has 3 rings (SSSR count). The van der Waals surface area contributed by atoms with E-state index in [4.69, 9.17) is 0 Å². The summed E-state index contributed by atoms with van der Waals surface area (Å²) in [4.78, 5) is 18.9. The Morgan fingerprint density at radius 2 is 1.60 bits per heavy atom. The highest BCUT2D eigenvalue weighted by Crippen LogP contribution is 2.22. The van der Waals surface area contributed by atoms with Crippen molar-refractivity contribution < 1.29 is 9.18 Å². The Hall–Kier alpha value is -2.27. The number of rotatable bonds is 5. The summed E-state index contributed by atoms with van der Waals surface area (Å²) in [6.07, 6.45) is 8.19. The molecule has 1 fully saturated rings. The van der Waals surface area contributed by atoms with Crippen molar-refractivity contribution in [2.24, 2.45) is 0 Å². The summed E-state index contributed by atoms with van der Waals surface area (Å²) in [6, 6.07) is 9.72. The van der Waals surface area contributed by atoms with Gasteiger partial charge in [-0.3, -0.25) is 14.7 Å². The second-order valence-electron chi connectivity index (χ2n) is 6.52. The number of pyridine rings is 1. The number of amides is 1. The molecular formula is C20H24FN3O. The molecule has 1 amide bonds. The third kappa shape index (κ3) is 5.10. The fraction of sp³-hybridized carbons (Fsp3) is 0.400. The average molecular weight is 341 g/mol. The van der Waals surface area contributed by atoms with Crippen LogP contribution in [0.1, 0.15) is 42.9 Å². The predicted molar refractivity (Wildman–Crippen MR) is 95.5 cm³/mol. The number of carbonyl (C=O) groups excluding carboxylic acids is 1. The lowest BCUT2D eigenvalue weighted by Gasteiger charge is -2.23. The first-order chi connectivity index (χ1) is 12.2. The first-order valence-electron chi connectivity index (χ1n) is 8.89. The number of hydrogen-bond donors (Lipinski definition) is 1. The molecule has 1 aromatic carbocycles. The molecular weight excluding hydrogens is 317 g/mol. The van der Waals surface area contributed by atoms with E-state index in [9.17, 15) is 9.18 Å². The van der Waals surface area contributed by atoms with Crippen molar-refractivity contribution in [1.29, 1.82) is 0 Å². The predicted octanol–water partition coefficient (Wildman–Crippen LogP) is 3.30. The van der Waals surface area contributed by atoms with Gasteiger partial charge in [-0.25, -0.2) is 4.39 Å². The molecule has 5 heteroatoms. The van der Waals surface area contributed by atoms with Gasteiger partial charge in [-0.05, 0) is 61.3 Å². The Kier molecular flexibility index (Phi) is 6.12. The van der Waals surface area contributed by atoms with E-state index in [1.807, 2.05) is 12.1 Å². The number of aromatic nitrogens is 1. The van der Waals surface area contributed by atoms with Crippen LogP contribution in [0.5, 0.6) is 0 Å². The maximum absolute atomic E-state index is 13.3. The van der Waals surface area contributed by atoms with Crippen LogP contribution >= 0.6 is 0 Å². The maximum atomic E-state index is 13.3. The van der Waals surface area contributed by atoms with E-state index in [2.05, 4.69) is 15.2 Å². The van der Waals surface area contributed by atoms with E-state index in [1.165, 1.54) is 25.0 Å². The summed E-state index contributed by atoms with van der Waals surface area (Å²) in [5.41, 5.74) is 1.79. The molecule has 0 radical (unpaired) electrons. The smallest absolute Gasteiger partial charge is 0.234 e. The zero-order chi connectivity index (χ0) is 17.5. The normalized spacial score (nSPS) is 16.8. The molecule has 0 aliphatic carbocycles. The number of likely N-dealkylation sites (tertiary alicyclic amines) is 1. The highest BCUT2D eigenvalue weighted by atomic mass is 19.1. The van der Waals surface area contributed by atoms with Gasteiger partial charge in [0, 0.05) is 12.4 Å². The zero-order valence-electron chi connectivity index (χ0n) is 14.3. The number of nitrogens with one attached hydrogen (secondary N) is 1. The topological polar surface area (TPSA) is 45.2 Å². The third-order valence-corrected chi connectivity index (χ3v) is 4.61. The SMILES string of the molecule is O=C(CN1CCCCCC1)N[C@@H](c1ccncc1)c1ccc(F)cc1.